The Kier molecular flexibility index (Phi) is 8.13. The highest BCUT2D eigenvalue weighted by molar-refractivity contribution is 7.99. The van der Waals surface area contributed by atoms with Crippen LogP contribution < -0.4 is 15.4 Å². The van der Waals surface area contributed by atoms with Crippen molar-refractivity contribution in [2.24, 2.45) is 4.99 Å². The van der Waals surface area contributed by atoms with Crippen LogP contribution in [0, 0.1) is 6.92 Å². The molecule has 1 saturated heterocycles. The third-order valence-corrected chi connectivity index (χ3v) is 7.41. The number of nitrogens with zero attached hydrogens (tertiary/aromatic N) is 1. The maximum atomic E-state index is 5.74. The summed E-state index contributed by atoms with van der Waals surface area (Å²) in [4.78, 5) is 5.08. The molecule has 2 aliphatic rings. The third-order valence-electron chi connectivity index (χ3n) is 6.32. The van der Waals surface area contributed by atoms with Gasteiger partial charge in [0.05, 0.1) is 13.7 Å². The van der Waals surface area contributed by atoms with Crippen molar-refractivity contribution < 1.29 is 9.47 Å². The summed E-state index contributed by atoms with van der Waals surface area (Å²) in [5.41, 5.74) is 2.48. The molecular weight excluding hydrogens is 382 g/mol. The molecule has 0 amide bonds. The molecule has 6 heteroatoms. The van der Waals surface area contributed by atoms with E-state index in [0.29, 0.717) is 6.04 Å². The number of hydrogen-bond donors (Lipinski definition) is 2. The van der Waals surface area contributed by atoms with Gasteiger partial charge < -0.3 is 20.1 Å². The highest BCUT2D eigenvalue weighted by Crippen LogP contribution is 2.40. The van der Waals surface area contributed by atoms with Gasteiger partial charge in [-0.05, 0) is 58.3 Å². The minimum atomic E-state index is -0.0462. The molecule has 1 aromatic rings. The van der Waals surface area contributed by atoms with E-state index in [1.807, 2.05) is 11.8 Å². The van der Waals surface area contributed by atoms with E-state index in [-0.39, 0.29) is 5.41 Å². The quantitative estimate of drug-likeness (QED) is 0.519. The second kappa shape index (κ2) is 10.6. The molecule has 2 N–H and O–H groups in total. The van der Waals surface area contributed by atoms with Crippen molar-refractivity contribution in [1.82, 2.24) is 10.6 Å². The number of aliphatic imine (C=N–C) groups is 1. The normalized spacial score (nSPS) is 24.3. The Morgan fingerprint density at radius 2 is 2.10 bits per heavy atom. The molecule has 1 heterocycles. The average molecular weight is 420 g/mol. The van der Waals surface area contributed by atoms with Gasteiger partial charge in [-0.15, -0.1) is 0 Å². The fourth-order valence-corrected chi connectivity index (χ4v) is 5.34. The van der Waals surface area contributed by atoms with E-state index in [4.69, 9.17) is 14.5 Å². The Labute approximate surface area is 180 Å². The first-order chi connectivity index (χ1) is 14.1. The number of methoxy groups -OCH3 is 1. The van der Waals surface area contributed by atoms with E-state index in [2.05, 4.69) is 48.9 Å². The summed E-state index contributed by atoms with van der Waals surface area (Å²) in [5.74, 6) is 1.90. The highest BCUT2D eigenvalue weighted by atomic mass is 32.2. The Bertz CT molecular complexity index is 689. The molecular formula is C23H37N3O2S. The number of nitrogens with one attached hydrogen (secondary N) is 2. The SMILES string of the molecule is CCNC(=NCC1(c2cc(C)ccc2OC)CCOCC1)NC1CCC(SC)C1. The number of guanidine groups is 1. The number of rotatable bonds is 7. The maximum Gasteiger partial charge on any atom is 0.191 e. The van der Waals surface area contributed by atoms with Crippen molar-refractivity contribution in [2.75, 3.05) is 39.7 Å². The molecule has 1 saturated carbocycles. The molecule has 29 heavy (non-hydrogen) atoms. The lowest BCUT2D eigenvalue weighted by molar-refractivity contribution is 0.0522. The van der Waals surface area contributed by atoms with Crippen LogP contribution in [0.3, 0.4) is 0 Å². The number of hydrogen-bond acceptors (Lipinski definition) is 4. The zero-order chi connectivity index (χ0) is 20.7. The maximum absolute atomic E-state index is 5.74. The third kappa shape index (κ3) is 5.60. The van der Waals surface area contributed by atoms with E-state index in [0.717, 1.165) is 56.1 Å². The molecule has 2 atom stereocenters. The second-order valence-electron chi connectivity index (χ2n) is 8.30. The number of benzene rings is 1. The summed E-state index contributed by atoms with van der Waals surface area (Å²) in [6.07, 6.45) is 7.88. The zero-order valence-electron chi connectivity index (χ0n) is 18.4. The van der Waals surface area contributed by atoms with Crippen LogP contribution in [-0.2, 0) is 10.2 Å². The summed E-state index contributed by atoms with van der Waals surface area (Å²) in [7, 11) is 1.76. The molecule has 0 bridgehead atoms. The van der Waals surface area contributed by atoms with Crippen molar-refractivity contribution in [3.05, 3.63) is 29.3 Å². The van der Waals surface area contributed by atoms with Crippen LogP contribution in [0.4, 0.5) is 0 Å². The fraction of sp³-hybridized carbons (Fsp3) is 0.696. The second-order valence-corrected chi connectivity index (χ2v) is 9.44. The molecule has 1 aliphatic heterocycles. The van der Waals surface area contributed by atoms with Gasteiger partial charge in [0.1, 0.15) is 5.75 Å². The average Bonchev–Trinajstić information content (AvgIpc) is 3.20. The molecule has 2 fully saturated rings. The lowest BCUT2D eigenvalue weighted by Gasteiger charge is -2.37. The molecule has 3 rings (SSSR count). The number of thioether (sulfide) groups is 1. The Balaban J connectivity index is 1.82. The van der Waals surface area contributed by atoms with Crippen molar-refractivity contribution in [1.29, 1.82) is 0 Å². The molecule has 0 aromatic heterocycles. The van der Waals surface area contributed by atoms with E-state index < -0.39 is 0 Å². The molecule has 0 spiro atoms. The minimum absolute atomic E-state index is 0.0462. The van der Waals surface area contributed by atoms with Gasteiger partial charge in [-0.1, -0.05) is 17.7 Å². The van der Waals surface area contributed by atoms with Crippen molar-refractivity contribution >= 4 is 17.7 Å². The van der Waals surface area contributed by atoms with E-state index in [1.165, 1.54) is 30.4 Å². The summed E-state index contributed by atoms with van der Waals surface area (Å²) in [6.45, 7) is 7.43. The van der Waals surface area contributed by atoms with Crippen LogP contribution in [0.2, 0.25) is 0 Å². The van der Waals surface area contributed by atoms with E-state index in [9.17, 15) is 0 Å². The van der Waals surface area contributed by atoms with Crippen LogP contribution in [-0.4, -0.2) is 56.9 Å². The van der Waals surface area contributed by atoms with Gasteiger partial charge in [0.15, 0.2) is 5.96 Å². The summed E-state index contributed by atoms with van der Waals surface area (Å²) in [5, 5.41) is 7.92. The fourth-order valence-electron chi connectivity index (χ4n) is 4.54. The highest BCUT2D eigenvalue weighted by Gasteiger charge is 2.37. The molecule has 0 radical (unpaired) electrons. The predicted octanol–water partition coefficient (Wildman–Crippen LogP) is 3.89. The monoisotopic (exact) mass is 419 g/mol. The summed E-state index contributed by atoms with van der Waals surface area (Å²) >= 11 is 1.99. The van der Waals surface area contributed by atoms with Crippen LogP contribution in [0.1, 0.15) is 50.2 Å². The van der Waals surface area contributed by atoms with E-state index >= 15 is 0 Å². The van der Waals surface area contributed by atoms with E-state index in [1.54, 1.807) is 7.11 Å². The lowest BCUT2D eigenvalue weighted by Crippen LogP contribution is -2.44. The molecule has 1 aliphatic carbocycles. The topological polar surface area (TPSA) is 54.9 Å². The summed E-state index contributed by atoms with van der Waals surface area (Å²) < 4.78 is 11.5. The van der Waals surface area contributed by atoms with Gasteiger partial charge in [0.25, 0.3) is 0 Å². The van der Waals surface area contributed by atoms with Gasteiger partial charge in [-0.2, -0.15) is 11.8 Å². The molecule has 2 unspecified atom stereocenters. The van der Waals surface area contributed by atoms with Crippen LogP contribution in [0.25, 0.3) is 0 Å². The smallest absolute Gasteiger partial charge is 0.191 e. The first-order valence-corrected chi connectivity index (χ1v) is 12.2. The van der Waals surface area contributed by atoms with Gasteiger partial charge in [-0.25, -0.2) is 0 Å². The first-order valence-electron chi connectivity index (χ1n) is 10.9. The van der Waals surface area contributed by atoms with Gasteiger partial charge in [-0.3, -0.25) is 4.99 Å². The summed E-state index contributed by atoms with van der Waals surface area (Å²) in [6, 6.07) is 7.01. The molecule has 162 valence electrons. The minimum Gasteiger partial charge on any atom is -0.496 e. The Morgan fingerprint density at radius 1 is 1.31 bits per heavy atom. The first kappa shape index (κ1) is 22.3. The molecule has 1 aromatic carbocycles. The number of ether oxygens (including phenoxy) is 2. The predicted molar refractivity (Wildman–Crippen MR) is 124 cm³/mol. The van der Waals surface area contributed by atoms with Crippen molar-refractivity contribution in [3.63, 3.8) is 0 Å². The van der Waals surface area contributed by atoms with Gasteiger partial charge in [0, 0.05) is 42.0 Å². The lowest BCUT2D eigenvalue weighted by atomic mass is 9.73. The van der Waals surface area contributed by atoms with Crippen LogP contribution in [0.15, 0.2) is 23.2 Å². The largest absolute Gasteiger partial charge is 0.496 e. The van der Waals surface area contributed by atoms with Crippen molar-refractivity contribution in [2.45, 2.75) is 62.7 Å². The Morgan fingerprint density at radius 3 is 2.76 bits per heavy atom. The van der Waals surface area contributed by atoms with Crippen LogP contribution >= 0.6 is 11.8 Å². The Hall–Kier alpha value is -1.40. The number of aryl methyl sites for hydroxylation is 1. The zero-order valence-corrected chi connectivity index (χ0v) is 19.2. The van der Waals surface area contributed by atoms with Gasteiger partial charge in [0.2, 0.25) is 0 Å². The molecule has 5 nitrogen and oxygen atoms in total. The van der Waals surface area contributed by atoms with Crippen molar-refractivity contribution in [3.8, 4) is 5.75 Å². The van der Waals surface area contributed by atoms with Crippen LogP contribution in [0.5, 0.6) is 5.75 Å². The van der Waals surface area contributed by atoms with Gasteiger partial charge >= 0.3 is 0 Å². The standard InChI is InChI=1S/C23H37N3O2S/c1-5-24-22(26-18-7-8-19(15-18)29-4)25-16-23(10-12-28-13-11-23)20-14-17(2)6-9-21(20)27-3/h6,9,14,18-19H,5,7-8,10-13,15-16H2,1-4H3,(H2,24,25,26).